The number of aromatic nitrogens is 2. The smallest absolute Gasteiger partial charge is 0.232 e. The number of nitrogens with zero attached hydrogens (tertiary/aromatic N) is 3. The SMILES string of the molecule is CN1CCSCC1c1noc(C2CNC2)n1. The summed E-state index contributed by atoms with van der Waals surface area (Å²) >= 11 is 1.96. The molecule has 0 radical (unpaired) electrons. The van der Waals surface area contributed by atoms with E-state index in [0.29, 0.717) is 12.0 Å². The van der Waals surface area contributed by atoms with Crippen LogP contribution in [0.1, 0.15) is 23.7 Å². The van der Waals surface area contributed by atoms with Gasteiger partial charge in [-0.15, -0.1) is 0 Å². The monoisotopic (exact) mass is 240 g/mol. The van der Waals surface area contributed by atoms with Crippen molar-refractivity contribution in [2.45, 2.75) is 12.0 Å². The molecule has 2 aliphatic rings. The van der Waals surface area contributed by atoms with Gasteiger partial charge < -0.3 is 9.84 Å². The highest BCUT2D eigenvalue weighted by Crippen LogP contribution is 2.27. The molecular weight excluding hydrogens is 224 g/mol. The molecule has 0 spiro atoms. The summed E-state index contributed by atoms with van der Waals surface area (Å²) in [4.78, 5) is 6.84. The largest absolute Gasteiger partial charge is 0.339 e. The van der Waals surface area contributed by atoms with Crippen molar-refractivity contribution in [3.8, 4) is 0 Å². The van der Waals surface area contributed by atoms with E-state index in [2.05, 4.69) is 27.4 Å². The second-order valence-electron chi connectivity index (χ2n) is 4.42. The number of nitrogens with one attached hydrogen (secondary N) is 1. The first kappa shape index (κ1) is 10.6. The third-order valence-corrected chi connectivity index (χ3v) is 4.31. The van der Waals surface area contributed by atoms with Gasteiger partial charge >= 0.3 is 0 Å². The molecule has 88 valence electrons. The van der Waals surface area contributed by atoms with Gasteiger partial charge in [-0.1, -0.05) is 5.16 Å². The molecule has 2 aliphatic heterocycles. The number of thioether (sulfide) groups is 1. The van der Waals surface area contributed by atoms with E-state index in [1.807, 2.05) is 11.8 Å². The lowest BCUT2D eigenvalue weighted by molar-refractivity contribution is 0.254. The van der Waals surface area contributed by atoms with Crippen LogP contribution < -0.4 is 5.32 Å². The molecule has 2 fully saturated rings. The third kappa shape index (κ3) is 1.85. The van der Waals surface area contributed by atoms with Gasteiger partial charge in [0.05, 0.1) is 12.0 Å². The van der Waals surface area contributed by atoms with Gasteiger partial charge in [-0.2, -0.15) is 16.7 Å². The molecule has 0 aromatic carbocycles. The van der Waals surface area contributed by atoms with Gasteiger partial charge in [-0.05, 0) is 7.05 Å². The number of hydrogen-bond acceptors (Lipinski definition) is 6. The van der Waals surface area contributed by atoms with Crippen molar-refractivity contribution in [3.63, 3.8) is 0 Å². The molecule has 1 aromatic heterocycles. The highest BCUT2D eigenvalue weighted by molar-refractivity contribution is 7.99. The molecule has 5 nitrogen and oxygen atoms in total. The third-order valence-electron chi connectivity index (χ3n) is 3.28. The van der Waals surface area contributed by atoms with Crippen molar-refractivity contribution in [2.75, 3.05) is 38.2 Å². The summed E-state index contributed by atoms with van der Waals surface area (Å²) < 4.78 is 5.33. The van der Waals surface area contributed by atoms with Gasteiger partial charge in [0.25, 0.3) is 0 Å². The van der Waals surface area contributed by atoms with Crippen LogP contribution in [0, 0.1) is 0 Å². The summed E-state index contributed by atoms with van der Waals surface area (Å²) in [7, 11) is 2.13. The summed E-state index contributed by atoms with van der Waals surface area (Å²) in [5.74, 6) is 4.36. The quantitative estimate of drug-likeness (QED) is 0.811. The van der Waals surface area contributed by atoms with Gasteiger partial charge in [0.15, 0.2) is 5.82 Å². The van der Waals surface area contributed by atoms with Crippen molar-refractivity contribution in [2.24, 2.45) is 0 Å². The zero-order chi connectivity index (χ0) is 11.0. The highest BCUT2D eigenvalue weighted by Gasteiger charge is 2.29. The Morgan fingerprint density at radius 2 is 2.38 bits per heavy atom. The topological polar surface area (TPSA) is 54.2 Å². The maximum atomic E-state index is 5.33. The molecule has 1 unspecified atom stereocenters. The van der Waals surface area contributed by atoms with Crippen LogP contribution in [0.3, 0.4) is 0 Å². The van der Waals surface area contributed by atoms with Crippen molar-refractivity contribution in [1.29, 1.82) is 0 Å². The van der Waals surface area contributed by atoms with E-state index in [4.69, 9.17) is 4.52 Å². The second kappa shape index (κ2) is 4.35. The lowest BCUT2D eigenvalue weighted by Crippen LogP contribution is -2.40. The number of hydrogen-bond donors (Lipinski definition) is 1. The summed E-state index contributed by atoms with van der Waals surface area (Å²) in [5, 5.41) is 7.34. The minimum atomic E-state index is 0.323. The average Bonchev–Trinajstić information content (AvgIpc) is 2.65. The maximum absolute atomic E-state index is 5.33. The summed E-state index contributed by atoms with van der Waals surface area (Å²) in [6, 6.07) is 0.323. The summed E-state index contributed by atoms with van der Waals surface area (Å²) in [6.45, 7) is 3.04. The van der Waals surface area contributed by atoms with Crippen LogP contribution in [0.25, 0.3) is 0 Å². The Morgan fingerprint density at radius 1 is 1.50 bits per heavy atom. The first-order chi connectivity index (χ1) is 7.84. The van der Waals surface area contributed by atoms with Gasteiger partial charge in [0.1, 0.15) is 0 Å². The molecule has 0 saturated carbocycles. The number of rotatable bonds is 2. The standard InChI is InChI=1S/C10H16N4OS/c1-14-2-3-16-6-8(14)9-12-10(15-13-9)7-4-11-5-7/h7-8,11H,2-6H2,1H3. The highest BCUT2D eigenvalue weighted by atomic mass is 32.2. The van der Waals surface area contributed by atoms with Crippen molar-refractivity contribution >= 4 is 11.8 Å². The summed E-state index contributed by atoms with van der Waals surface area (Å²) in [5.41, 5.74) is 0. The Hall–Kier alpha value is -0.590. The van der Waals surface area contributed by atoms with E-state index in [-0.39, 0.29) is 0 Å². The Morgan fingerprint density at radius 3 is 3.06 bits per heavy atom. The first-order valence-corrected chi connectivity index (χ1v) is 6.82. The molecule has 3 rings (SSSR count). The van der Waals surface area contributed by atoms with Crippen LogP contribution >= 0.6 is 11.8 Å². The first-order valence-electron chi connectivity index (χ1n) is 5.67. The van der Waals surface area contributed by atoms with E-state index < -0.39 is 0 Å². The fraction of sp³-hybridized carbons (Fsp3) is 0.800. The van der Waals surface area contributed by atoms with Gasteiger partial charge in [-0.3, -0.25) is 4.90 Å². The van der Waals surface area contributed by atoms with E-state index in [0.717, 1.165) is 37.1 Å². The van der Waals surface area contributed by atoms with Crippen LogP contribution in [0.4, 0.5) is 0 Å². The fourth-order valence-corrected chi connectivity index (χ4v) is 3.18. The molecular formula is C10H16N4OS. The summed E-state index contributed by atoms with van der Waals surface area (Å²) in [6.07, 6.45) is 0. The molecule has 0 bridgehead atoms. The Labute approximate surface area is 99.0 Å². The second-order valence-corrected chi connectivity index (χ2v) is 5.57. The Balaban J connectivity index is 1.75. The molecule has 16 heavy (non-hydrogen) atoms. The molecule has 0 aliphatic carbocycles. The lowest BCUT2D eigenvalue weighted by Gasteiger charge is -2.29. The van der Waals surface area contributed by atoms with Crippen LogP contribution in [0.5, 0.6) is 0 Å². The zero-order valence-corrected chi connectivity index (χ0v) is 10.2. The molecule has 0 amide bonds. The minimum Gasteiger partial charge on any atom is -0.339 e. The Kier molecular flexibility index (Phi) is 2.87. The van der Waals surface area contributed by atoms with Crippen LogP contribution in [0.15, 0.2) is 4.52 Å². The molecule has 1 atom stereocenters. The van der Waals surface area contributed by atoms with E-state index >= 15 is 0 Å². The predicted molar refractivity (Wildman–Crippen MR) is 62.6 cm³/mol. The molecule has 2 saturated heterocycles. The van der Waals surface area contributed by atoms with Crippen LogP contribution in [0.2, 0.25) is 0 Å². The average molecular weight is 240 g/mol. The van der Waals surface area contributed by atoms with E-state index in [9.17, 15) is 0 Å². The van der Waals surface area contributed by atoms with Crippen LogP contribution in [-0.2, 0) is 0 Å². The van der Waals surface area contributed by atoms with Gasteiger partial charge in [0.2, 0.25) is 5.89 Å². The zero-order valence-electron chi connectivity index (χ0n) is 9.35. The fourth-order valence-electron chi connectivity index (χ4n) is 1.97. The van der Waals surface area contributed by atoms with E-state index in [1.54, 1.807) is 0 Å². The lowest BCUT2D eigenvalue weighted by atomic mass is 10.0. The van der Waals surface area contributed by atoms with Crippen molar-refractivity contribution in [1.82, 2.24) is 20.4 Å². The van der Waals surface area contributed by atoms with Crippen molar-refractivity contribution < 1.29 is 4.52 Å². The molecule has 1 N–H and O–H groups in total. The van der Waals surface area contributed by atoms with Crippen LogP contribution in [-0.4, -0.2) is 53.2 Å². The Bertz CT molecular complexity index is 365. The predicted octanol–water partition coefficient (Wildman–Crippen LogP) is 0.476. The molecule has 6 heteroatoms. The molecule has 3 heterocycles. The normalized spacial score (nSPS) is 27.9. The van der Waals surface area contributed by atoms with Gasteiger partial charge in [-0.25, -0.2) is 0 Å². The van der Waals surface area contributed by atoms with Gasteiger partial charge in [0, 0.05) is 31.1 Å². The molecule has 1 aromatic rings. The maximum Gasteiger partial charge on any atom is 0.232 e. The minimum absolute atomic E-state index is 0.323. The van der Waals surface area contributed by atoms with E-state index in [1.165, 1.54) is 5.75 Å². The van der Waals surface area contributed by atoms with Crippen molar-refractivity contribution in [3.05, 3.63) is 11.7 Å².